The van der Waals surface area contributed by atoms with E-state index in [2.05, 4.69) is 40.7 Å². The second-order valence-electron chi connectivity index (χ2n) is 1.35. The maximum atomic E-state index is 6.45. The van der Waals surface area contributed by atoms with Crippen molar-refractivity contribution in [2.75, 3.05) is 0 Å². The molecule has 11 nitrogen and oxygen atoms in total. The van der Waals surface area contributed by atoms with E-state index >= 15 is 0 Å². The molecule has 0 radical (unpaired) electrons. The molecule has 0 aliphatic heterocycles. The van der Waals surface area contributed by atoms with Gasteiger partial charge in [0, 0.05) is 22.0 Å². The minimum atomic E-state index is -2.43. The van der Waals surface area contributed by atoms with Crippen LogP contribution in [0.25, 0.3) is 0 Å². The summed E-state index contributed by atoms with van der Waals surface area (Å²) in [4.78, 5) is 10.6. The first-order valence-electron chi connectivity index (χ1n) is 2.67. The molecule has 0 rings (SSSR count). The van der Waals surface area contributed by atoms with Crippen molar-refractivity contribution in [3.8, 4) is 0 Å². The second-order valence-corrected chi connectivity index (χ2v) is 11.6. The lowest BCUT2D eigenvalue weighted by Gasteiger charge is -1.95. The zero-order valence-electron chi connectivity index (χ0n) is 6.43. The molecule has 0 heterocycles. The summed E-state index contributed by atoms with van der Waals surface area (Å²) in [6.07, 6.45) is 0. The zero-order valence-corrected chi connectivity index (χ0v) is 10.4. The molecule has 1 unspecified atom stereocenters. The molecule has 0 amide bonds. The Balaban J connectivity index is 5.02. The van der Waals surface area contributed by atoms with Gasteiger partial charge in [0.2, 0.25) is 4.54 Å². The van der Waals surface area contributed by atoms with Gasteiger partial charge < -0.3 is 5.84 Å². The largest absolute Gasteiger partial charge is 0.303 e. The number of nitrogens with one attached hydrogen (secondary N) is 2. The molecule has 14 heteroatoms. The quantitative estimate of drug-likeness (QED) is 0.220. The van der Waals surface area contributed by atoms with Gasteiger partial charge in [0.1, 0.15) is 8.06 Å². The van der Waals surface area contributed by atoms with Gasteiger partial charge in [0.05, 0.1) is 0 Å². The molecular weight excluding hydrogens is 343 g/mol. The van der Waals surface area contributed by atoms with E-state index in [1.165, 1.54) is 0 Å². The summed E-state index contributed by atoms with van der Waals surface area (Å²) in [5, 5.41) is 14.7. The number of rotatable bonds is 5. The van der Waals surface area contributed by atoms with E-state index in [1.54, 1.807) is 0 Å². The summed E-state index contributed by atoms with van der Waals surface area (Å²) in [5.41, 5.74) is 12.9. The maximum Gasteiger partial charge on any atom is 0.248 e. The summed E-state index contributed by atoms with van der Waals surface area (Å²) in [6, 6.07) is 0. The van der Waals surface area contributed by atoms with Gasteiger partial charge in [0.15, 0.2) is 0 Å². The van der Waals surface area contributed by atoms with Crippen LogP contribution in [0.1, 0.15) is 0 Å². The lowest BCUT2D eigenvalue weighted by atomic mass is 12.6. The van der Waals surface area contributed by atoms with E-state index in [4.69, 9.17) is 16.9 Å². The predicted octanol–water partition coefficient (Wildman–Crippen LogP) is 4.08. The van der Waals surface area contributed by atoms with Gasteiger partial charge in [-0.05, 0) is 20.9 Å². The standard InChI is InChI=1S/H4IN11P2/c1-14(11-8-5-2,12-9-6-3)13-10-7-4/h2,4H,(H2,3,9). The van der Waals surface area contributed by atoms with E-state index in [1.807, 2.05) is 22.0 Å². The van der Waals surface area contributed by atoms with Crippen LogP contribution in [0.3, 0.4) is 0 Å². The fraction of sp³-hybridized carbons (Fsp3) is 0. The summed E-state index contributed by atoms with van der Waals surface area (Å²) in [6.45, 7) is 0. The Labute approximate surface area is 92.3 Å². The van der Waals surface area contributed by atoms with Crippen molar-refractivity contribution >= 4 is 34.6 Å². The first-order chi connectivity index (χ1) is 6.68. The summed E-state index contributed by atoms with van der Waals surface area (Å²) >= 11 is 1.83. The molecular formula is H4IN11P2. The minimum Gasteiger partial charge on any atom is -0.303 e. The zero-order chi connectivity index (χ0) is 10.9. The highest BCUT2D eigenvalue weighted by atomic mass is 127. The highest BCUT2D eigenvalue weighted by Gasteiger charge is 2.13. The van der Waals surface area contributed by atoms with Crippen LogP contribution >= 0.6 is 34.6 Å². The molecule has 0 bridgehead atoms. The molecule has 1 atom stereocenters. The highest BCUT2D eigenvalue weighted by Crippen LogP contribution is 2.71. The average molecular weight is 347 g/mol. The number of nitrogens with zero attached hydrogens (tertiary/aromatic N) is 8. The summed E-state index contributed by atoms with van der Waals surface area (Å²) in [7, 11) is 0.289. The van der Waals surface area contributed by atoms with Crippen molar-refractivity contribution in [3.63, 3.8) is 0 Å². The molecule has 0 fully saturated rings. The first-order valence-corrected chi connectivity index (χ1v) is 8.71. The third kappa shape index (κ3) is 5.83. The monoisotopic (exact) mass is 347 g/mol. The van der Waals surface area contributed by atoms with Crippen LogP contribution in [0, 0.1) is 11.1 Å². The van der Waals surface area contributed by atoms with Crippen molar-refractivity contribution in [3.05, 3.63) is 0 Å². The number of halogens is 1. The predicted molar refractivity (Wildman–Crippen MR) is 56.9 cm³/mol. The lowest BCUT2D eigenvalue weighted by molar-refractivity contribution is 0.925. The van der Waals surface area contributed by atoms with Crippen LogP contribution in [0.5, 0.6) is 0 Å². The fourth-order valence-corrected chi connectivity index (χ4v) is 2.96. The van der Waals surface area contributed by atoms with Crippen LogP contribution in [0.2, 0.25) is 0 Å². The molecule has 0 aromatic heterocycles. The van der Waals surface area contributed by atoms with Crippen molar-refractivity contribution < 1.29 is 0 Å². The Bertz CT molecular complexity index is 300. The number of hydrogen-bond donors (Lipinski definition) is 3. The van der Waals surface area contributed by atoms with Crippen molar-refractivity contribution in [2.45, 2.75) is 0 Å². The van der Waals surface area contributed by atoms with Gasteiger partial charge in [-0.2, -0.15) is 11.1 Å². The molecule has 0 aliphatic rings. The van der Waals surface area contributed by atoms with Crippen LogP contribution in [0.15, 0.2) is 40.7 Å². The van der Waals surface area contributed by atoms with Crippen LogP contribution in [-0.2, 0) is 0 Å². The Morgan fingerprint density at radius 2 is 1.93 bits per heavy atom. The number of hydrogen-bond acceptors (Lipinski definition) is 3. The van der Waals surface area contributed by atoms with Crippen LogP contribution in [-0.4, -0.2) is 0 Å². The Kier molecular flexibility index (Phi) is 7.24. The molecule has 76 valence electrons. The molecule has 4 N–H and O–H groups in total. The third-order valence-corrected chi connectivity index (χ3v) is 5.91. The van der Waals surface area contributed by atoms with E-state index in [-0.39, 0.29) is 8.06 Å². The maximum absolute atomic E-state index is 6.45. The van der Waals surface area contributed by atoms with E-state index in [0.29, 0.717) is 0 Å². The molecule has 0 aromatic rings. The minimum absolute atomic E-state index is 0.289. The van der Waals surface area contributed by atoms with E-state index in [9.17, 15) is 0 Å². The smallest absolute Gasteiger partial charge is 0.248 e. The fourth-order valence-electron chi connectivity index (χ4n) is 0.269. The van der Waals surface area contributed by atoms with Gasteiger partial charge in [-0.1, -0.05) is 5.22 Å². The molecule has 0 spiro atoms. The van der Waals surface area contributed by atoms with Crippen molar-refractivity contribution in [2.24, 2.45) is 46.6 Å². The molecule has 0 saturated heterocycles. The van der Waals surface area contributed by atoms with Gasteiger partial charge in [-0.25, -0.2) is 0 Å². The molecule has 0 saturated carbocycles. The number of nitrogens with two attached hydrogens (primary N) is 1. The SMILES string of the molecule is N=NN=NP(I)(=N/N=N/N)P=NN=N. The van der Waals surface area contributed by atoms with Gasteiger partial charge in [-0.3, -0.25) is 0 Å². The Morgan fingerprint density at radius 3 is 2.43 bits per heavy atom. The molecule has 0 aromatic carbocycles. The topological polar surface area (TPSA) is 173 Å². The second kappa shape index (κ2) is 7.64. The van der Waals surface area contributed by atoms with Gasteiger partial charge in [-0.15, -0.1) is 14.6 Å². The summed E-state index contributed by atoms with van der Waals surface area (Å²) < 4.78 is -2.43. The van der Waals surface area contributed by atoms with Gasteiger partial charge in [0.25, 0.3) is 0 Å². The van der Waals surface area contributed by atoms with E-state index in [0.717, 1.165) is 0 Å². The Hall–Kier alpha value is -0.740. The molecule has 14 heavy (non-hydrogen) atoms. The Morgan fingerprint density at radius 1 is 1.21 bits per heavy atom. The van der Waals surface area contributed by atoms with Crippen molar-refractivity contribution in [1.29, 1.82) is 11.1 Å². The van der Waals surface area contributed by atoms with Crippen molar-refractivity contribution in [1.82, 2.24) is 0 Å². The van der Waals surface area contributed by atoms with Crippen LogP contribution in [0.4, 0.5) is 0 Å². The van der Waals surface area contributed by atoms with E-state index < -0.39 is 4.54 Å². The first kappa shape index (κ1) is 13.3. The molecule has 0 aliphatic carbocycles. The summed E-state index contributed by atoms with van der Waals surface area (Å²) in [5.74, 6) is 4.75. The van der Waals surface area contributed by atoms with Crippen LogP contribution < -0.4 is 5.84 Å². The third-order valence-electron chi connectivity index (χ3n) is 0.603. The van der Waals surface area contributed by atoms with Gasteiger partial charge >= 0.3 is 0 Å². The lowest BCUT2D eigenvalue weighted by Crippen LogP contribution is -1.70. The normalized spacial score (nSPS) is 16.1. The highest BCUT2D eigenvalue weighted by molar-refractivity contribution is 14.2. The average Bonchev–Trinajstić information content (AvgIpc) is 2.21.